The zero-order valence-corrected chi connectivity index (χ0v) is 11.8. The average Bonchev–Trinajstić information content (AvgIpc) is 2.68. The van der Waals surface area contributed by atoms with Crippen molar-refractivity contribution >= 4 is 46.5 Å². The normalized spacial score (nSPS) is 11.1. The number of aromatic amines is 1. The number of imidazole rings is 1. The Bertz CT molecular complexity index is 838. The Kier molecular flexibility index (Phi) is 3.09. The van der Waals surface area contributed by atoms with Gasteiger partial charge in [0.05, 0.1) is 21.7 Å². The lowest BCUT2D eigenvalue weighted by molar-refractivity contribution is 0.628. The molecule has 0 amide bonds. The Morgan fingerprint density at radius 3 is 2.63 bits per heavy atom. The van der Waals surface area contributed by atoms with Crippen LogP contribution in [0.15, 0.2) is 36.4 Å². The molecule has 0 aliphatic rings. The molecule has 0 spiro atoms. The standard InChI is InChI=1S/C13H7Cl2FN2S/c14-7-1-4-11-12(5-7)18(13(19)17-11)8-2-3-10(16)9(15)6-8/h1-6H,(H,17,19). The SMILES string of the molecule is Fc1ccc(-n2c(=S)[nH]c3ccc(Cl)cc32)cc1Cl. The van der Waals surface area contributed by atoms with Crippen LogP contribution in [-0.4, -0.2) is 9.55 Å². The number of hydrogen-bond donors (Lipinski definition) is 1. The van der Waals surface area contributed by atoms with E-state index < -0.39 is 5.82 Å². The molecule has 0 saturated heterocycles. The Labute approximate surface area is 123 Å². The van der Waals surface area contributed by atoms with Crippen molar-refractivity contribution in [3.8, 4) is 5.69 Å². The molecule has 1 N–H and O–H groups in total. The summed E-state index contributed by atoms with van der Waals surface area (Å²) in [6.45, 7) is 0. The van der Waals surface area contributed by atoms with Gasteiger partial charge < -0.3 is 4.98 Å². The third-order valence-electron chi connectivity index (χ3n) is 2.81. The Balaban J connectivity index is 2.35. The first-order valence-electron chi connectivity index (χ1n) is 5.42. The predicted octanol–water partition coefficient (Wildman–Crippen LogP) is 5.13. The monoisotopic (exact) mass is 312 g/mol. The minimum Gasteiger partial charge on any atom is -0.330 e. The van der Waals surface area contributed by atoms with Crippen LogP contribution in [-0.2, 0) is 0 Å². The molecular weight excluding hydrogens is 306 g/mol. The molecule has 0 atom stereocenters. The van der Waals surface area contributed by atoms with Gasteiger partial charge in [0.25, 0.3) is 0 Å². The van der Waals surface area contributed by atoms with Crippen molar-refractivity contribution < 1.29 is 4.39 Å². The van der Waals surface area contributed by atoms with E-state index in [1.165, 1.54) is 12.1 Å². The third-order valence-corrected chi connectivity index (χ3v) is 3.62. The molecule has 6 heteroatoms. The Morgan fingerprint density at radius 2 is 1.89 bits per heavy atom. The highest BCUT2D eigenvalue weighted by atomic mass is 35.5. The third kappa shape index (κ3) is 2.16. The number of nitrogens with one attached hydrogen (secondary N) is 1. The van der Waals surface area contributed by atoms with Gasteiger partial charge in [-0.25, -0.2) is 4.39 Å². The molecule has 0 bridgehead atoms. The summed E-state index contributed by atoms with van der Waals surface area (Å²) >= 11 is 17.1. The molecule has 2 nitrogen and oxygen atoms in total. The molecule has 2 aromatic carbocycles. The van der Waals surface area contributed by atoms with Crippen molar-refractivity contribution in [2.45, 2.75) is 0 Å². The highest BCUT2D eigenvalue weighted by molar-refractivity contribution is 7.71. The quantitative estimate of drug-likeness (QED) is 0.617. The largest absolute Gasteiger partial charge is 0.330 e. The second kappa shape index (κ2) is 4.63. The van der Waals surface area contributed by atoms with Gasteiger partial charge in [-0.15, -0.1) is 0 Å². The lowest BCUT2D eigenvalue weighted by Gasteiger charge is -2.05. The fourth-order valence-corrected chi connectivity index (χ4v) is 2.61. The maximum absolute atomic E-state index is 13.2. The molecule has 19 heavy (non-hydrogen) atoms. The maximum Gasteiger partial charge on any atom is 0.182 e. The van der Waals surface area contributed by atoms with Crippen molar-refractivity contribution in [3.05, 3.63) is 57.0 Å². The van der Waals surface area contributed by atoms with Crippen LogP contribution in [0.2, 0.25) is 10.0 Å². The minimum atomic E-state index is -0.463. The van der Waals surface area contributed by atoms with Crippen LogP contribution in [0.4, 0.5) is 4.39 Å². The van der Waals surface area contributed by atoms with Crippen molar-refractivity contribution in [2.24, 2.45) is 0 Å². The summed E-state index contributed by atoms with van der Waals surface area (Å²) in [5.74, 6) is -0.463. The lowest BCUT2D eigenvalue weighted by atomic mass is 10.2. The van der Waals surface area contributed by atoms with Crippen LogP contribution in [0.5, 0.6) is 0 Å². The summed E-state index contributed by atoms with van der Waals surface area (Å²) in [7, 11) is 0. The van der Waals surface area contributed by atoms with Crippen LogP contribution >= 0.6 is 35.4 Å². The first-order chi connectivity index (χ1) is 9.06. The minimum absolute atomic E-state index is 0.0516. The molecule has 0 fully saturated rings. The molecule has 3 rings (SSSR count). The van der Waals surface area contributed by atoms with Crippen LogP contribution in [0.1, 0.15) is 0 Å². The zero-order chi connectivity index (χ0) is 13.6. The molecule has 3 aromatic rings. The van der Waals surface area contributed by atoms with Crippen LogP contribution < -0.4 is 0 Å². The van der Waals surface area contributed by atoms with Crippen LogP contribution in [0, 0.1) is 10.6 Å². The summed E-state index contributed by atoms with van der Waals surface area (Å²) in [6, 6.07) is 9.86. The van der Waals surface area contributed by atoms with Gasteiger partial charge in [0, 0.05) is 5.02 Å². The highest BCUT2D eigenvalue weighted by Crippen LogP contribution is 2.25. The first kappa shape index (κ1) is 12.7. The molecule has 0 radical (unpaired) electrons. The first-order valence-corrected chi connectivity index (χ1v) is 6.58. The number of rotatable bonds is 1. The predicted molar refractivity (Wildman–Crippen MR) is 78.4 cm³/mol. The van der Waals surface area contributed by atoms with E-state index in [0.717, 1.165) is 11.0 Å². The summed E-state index contributed by atoms with van der Waals surface area (Å²) in [5, 5.41) is 0.652. The average molecular weight is 313 g/mol. The number of halogens is 3. The van der Waals surface area contributed by atoms with E-state index in [1.54, 1.807) is 22.8 Å². The number of H-pyrrole nitrogens is 1. The fraction of sp³-hybridized carbons (Fsp3) is 0. The van der Waals surface area contributed by atoms with E-state index in [-0.39, 0.29) is 5.02 Å². The molecule has 1 aromatic heterocycles. The van der Waals surface area contributed by atoms with Crippen LogP contribution in [0.3, 0.4) is 0 Å². The van der Waals surface area contributed by atoms with E-state index in [4.69, 9.17) is 35.4 Å². The molecular formula is C13H7Cl2FN2S. The second-order valence-electron chi connectivity index (χ2n) is 4.03. The van der Waals surface area contributed by atoms with E-state index in [1.807, 2.05) is 6.07 Å². The van der Waals surface area contributed by atoms with Crippen molar-refractivity contribution in [1.29, 1.82) is 0 Å². The molecule has 96 valence electrons. The smallest absolute Gasteiger partial charge is 0.182 e. The maximum atomic E-state index is 13.2. The van der Waals surface area contributed by atoms with Gasteiger partial charge in [-0.3, -0.25) is 4.57 Å². The van der Waals surface area contributed by atoms with Gasteiger partial charge in [-0.05, 0) is 48.6 Å². The van der Waals surface area contributed by atoms with E-state index in [2.05, 4.69) is 4.98 Å². The summed E-state index contributed by atoms with van der Waals surface area (Å²) in [4.78, 5) is 3.07. The topological polar surface area (TPSA) is 20.7 Å². The molecule has 0 aliphatic heterocycles. The number of benzene rings is 2. The lowest BCUT2D eigenvalue weighted by Crippen LogP contribution is -1.94. The van der Waals surface area contributed by atoms with Gasteiger partial charge in [0.1, 0.15) is 5.82 Å². The molecule has 0 unspecified atom stereocenters. The van der Waals surface area contributed by atoms with Gasteiger partial charge >= 0.3 is 0 Å². The number of aromatic nitrogens is 2. The van der Waals surface area contributed by atoms with Gasteiger partial charge in [-0.2, -0.15) is 0 Å². The van der Waals surface area contributed by atoms with Gasteiger partial charge in [0.15, 0.2) is 4.77 Å². The van der Waals surface area contributed by atoms with Crippen molar-refractivity contribution in [1.82, 2.24) is 9.55 Å². The van der Waals surface area contributed by atoms with E-state index >= 15 is 0 Å². The van der Waals surface area contributed by atoms with Gasteiger partial charge in [-0.1, -0.05) is 23.2 Å². The number of hydrogen-bond acceptors (Lipinski definition) is 1. The number of nitrogens with zero attached hydrogens (tertiary/aromatic N) is 1. The summed E-state index contributed by atoms with van der Waals surface area (Å²) < 4.78 is 15.5. The number of fused-ring (bicyclic) bond motifs is 1. The summed E-state index contributed by atoms with van der Waals surface area (Å²) in [5.41, 5.74) is 2.36. The van der Waals surface area contributed by atoms with Gasteiger partial charge in [0.2, 0.25) is 0 Å². The molecule has 0 aliphatic carbocycles. The molecule has 0 saturated carbocycles. The highest BCUT2D eigenvalue weighted by Gasteiger charge is 2.09. The molecule has 1 heterocycles. The zero-order valence-electron chi connectivity index (χ0n) is 9.45. The Morgan fingerprint density at radius 1 is 1.11 bits per heavy atom. The van der Waals surface area contributed by atoms with E-state index in [0.29, 0.717) is 15.5 Å². The van der Waals surface area contributed by atoms with Crippen molar-refractivity contribution in [3.63, 3.8) is 0 Å². The van der Waals surface area contributed by atoms with Crippen LogP contribution in [0.25, 0.3) is 16.7 Å². The van der Waals surface area contributed by atoms with E-state index in [9.17, 15) is 4.39 Å². The second-order valence-corrected chi connectivity index (χ2v) is 5.26. The van der Waals surface area contributed by atoms with Crippen molar-refractivity contribution in [2.75, 3.05) is 0 Å². The summed E-state index contributed by atoms with van der Waals surface area (Å²) in [6.07, 6.45) is 0. The Hall–Kier alpha value is -1.36. The fourth-order valence-electron chi connectivity index (χ4n) is 1.96.